The molecule has 2 aromatic rings. The van der Waals surface area contributed by atoms with E-state index in [-0.39, 0.29) is 0 Å². The van der Waals surface area contributed by atoms with Gasteiger partial charge in [0.2, 0.25) is 0 Å². The van der Waals surface area contributed by atoms with Crippen molar-refractivity contribution in [2.75, 3.05) is 12.4 Å². The van der Waals surface area contributed by atoms with Crippen LogP contribution in [0.25, 0.3) is 0 Å². The molecule has 0 spiro atoms. The number of ether oxygens (including phenoxy) is 1. The summed E-state index contributed by atoms with van der Waals surface area (Å²) < 4.78 is 6.49. The summed E-state index contributed by atoms with van der Waals surface area (Å²) in [4.78, 5) is 0. The Morgan fingerprint density at radius 2 is 1.83 bits per heavy atom. The highest BCUT2D eigenvalue weighted by molar-refractivity contribution is 14.1. The SMILES string of the molecule is COc1ccc(C)c(NCc2ccc(I)cc2)c1. The summed E-state index contributed by atoms with van der Waals surface area (Å²) in [7, 11) is 1.69. The van der Waals surface area contributed by atoms with Gasteiger partial charge in [-0.05, 0) is 58.8 Å². The van der Waals surface area contributed by atoms with Gasteiger partial charge in [0.05, 0.1) is 7.11 Å². The Hall–Kier alpha value is -1.23. The zero-order valence-electron chi connectivity index (χ0n) is 10.5. The first-order valence-electron chi connectivity index (χ1n) is 5.82. The highest BCUT2D eigenvalue weighted by atomic mass is 127. The van der Waals surface area contributed by atoms with Crippen LogP contribution < -0.4 is 10.1 Å². The smallest absolute Gasteiger partial charge is 0.120 e. The highest BCUT2D eigenvalue weighted by Crippen LogP contribution is 2.22. The van der Waals surface area contributed by atoms with Crippen LogP contribution in [0.4, 0.5) is 5.69 Å². The number of aryl methyl sites for hydroxylation is 1. The van der Waals surface area contributed by atoms with Crippen molar-refractivity contribution in [2.45, 2.75) is 13.5 Å². The second kappa shape index (κ2) is 6.09. The fraction of sp³-hybridized carbons (Fsp3) is 0.200. The quantitative estimate of drug-likeness (QED) is 0.831. The lowest BCUT2D eigenvalue weighted by Crippen LogP contribution is -2.01. The Bertz CT molecular complexity index is 523. The molecule has 0 bridgehead atoms. The van der Waals surface area contributed by atoms with Gasteiger partial charge in [-0.2, -0.15) is 0 Å². The van der Waals surface area contributed by atoms with Gasteiger partial charge >= 0.3 is 0 Å². The maximum Gasteiger partial charge on any atom is 0.120 e. The number of rotatable bonds is 4. The number of hydrogen-bond donors (Lipinski definition) is 1. The summed E-state index contributed by atoms with van der Waals surface area (Å²) in [5.74, 6) is 0.880. The van der Waals surface area contributed by atoms with E-state index in [1.807, 2.05) is 12.1 Å². The van der Waals surface area contributed by atoms with E-state index >= 15 is 0 Å². The van der Waals surface area contributed by atoms with Crippen molar-refractivity contribution in [1.82, 2.24) is 0 Å². The van der Waals surface area contributed by atoms with Gasteiger partial charge < -0.3 is 10.1 Å². The predicted molar refractivity (Wildman–Crippen MR) is 84.2 cm³/mol. The largest absolute Gasteiger partial charge is 0.497 e. The molecule has 0 aliphatic heterocycles. The van der Waals surface area contributed by atoms with Crippen LogP contribution in [-0.4, -0.2) is 7.11 Å². The van der Waals surface area contributed by atoms with Crippen LogP contribution >= 0.6 is 22.6 Å². The van der Waals surface area contributed by atoms with E-state index in [0.717, 1.165) is 18.0 Å². The van der Waals surface area contributed by atoms with Gasteiger partial charge in [-0.25, -0.2) is 0 Å². The van der Waals surface area contributed by atoms with E-state index in [9.17, 15) is 0 Å². The number of nitrogens with one attached hydrogen (secondary N) is 1. The van der Waals surface area contributed by atoms with Crippen LogP contribution in [0.2, 0.25) is 0 Å². The second-order valence-corrected chi connectivity index (χ2v) is 5.41. The third-order valence-electron chi connectivity index (χ3n) is 2.84. The maximum absolute atomic E-state index is 5.24. The molecule has 0 radical (unpaired) electrons. The van der Waals surface area contributed by atoms with Gasteiger partial charge in [-0.3, -0.25) is 0 Å². The Labute approximate surface area is 122 Å². The predicted octanol–water partition coefficient (Wildman–Crippen LogP) is 4.22. The standard InChI is InChI=1S/C15H16INO/c1-11-3-8-14(18-2)9-15(11)17-10-12-4-6-13(16)7-5-12/h3-9,17H,10H2,1-2H3. The molecule has 0 aliphatic carbocycles. The summed E-state index contributed by atoms with van der Waals surface area (Å²) in [6, 6.07) is 14.6. The van der Waals surface area contributed by atoms with Crippen LogP contribution in [0.1, 0.15) is 11.1 Å². The molecule has 0 aromatic heterocycles. The van der Waals surface area contributed by atoms with Crippen molar-refractivity contribution in [1.29, 1.82) is 0 Å². The molecule has 2 rings (SSSR count). The van der Waals surface area contributed by atoms with Crippen molar-refractivity contribution in [3.05, 3.63) is 57.2 Å². The molecule has 0 saturated carbocycles. The number of anilines is 1. The van der Waals surface area contributed by atoms with Crippen LogP contribution in [0.3, 0.4) is 0 Å². The Morgan fingerprint density at radius 3 is 2.50 bits per heavy atom. The lowest BCUT2D eigenvalue weighted by Gasteiger charge is -2.11. The minimum atomic E-state index is 0.824. The summed E-state index contributed by atoms with van der Waals surface area (Å²) in [5.41, 5.74) is 3.62. The van der Waals surface area contributed by atoms with Gasteiger partial charge in [0.25, 0.3) is 0 Å². The third kappa shape index (κ3) is 3.38. The summed E-state index contributed by atoms with van der Waals surface area (Å²) in [6.45, 7) is 2.92. The summed E-state index contributed by atoms with van der Waals surface area (Å²) >= 11 is 2.31. The average molecular weight is 353 g/mol. The van der Waals surface area contributed by atoms with Crippen molar-refractivity contribution in [2.24, 2.45) is 0 Å². The van der Waals surface area contributed by atoms with Crippen LogP contribution in [0.5, 0.6) is 5.75 Å². The molecule has 0 amide bonds. The molecule has 1 N–H and O–H groups in total. The number of hydrogen-bond acceptors (Lipinski definition) is 2. The molecule has 0 unspecified atom stereocenters. The first-order chi connectivity index (χ1) is 8.69. The molecule has 0 saturated heterocycles. The lowest BCUT2D eigenvalue weighted by atomic mass is 10.1. The molecule has 0 heterocycles. The van der Waals surface area contributed by atoms with E-state index in [0.29, 0.717) is 0 Å². The van der Waals surface area contributed by atoms with Crippen molar-refractivity contribution in [3.63, 3.8) is 0 Å². The first-order valence-corrected chi connectivity index (χ1v) is 6.90. The molecule has 0 atom stereocenters. The second-order valence-electron chi connectivity index (χ2n) is 4.16. The Balaban J connectivity index is 2.07. The summed E-state index contributed by atoms with van der Waals surface area (Å²) in [6.07, 6.45) is 0. The van der Waals surface area contributed by atoms with Crippen molar-refractivity contribution < 1.29 is 4.74 Å². The zero-order valence-corrected chi connectivity index (χ0v) is 12.7. The monoisotopic (exact) mass is 353 g/mol. The van der Waals surface area contributed by atoms with E-state index in [4.69, 9.17) is 4.74 Å². The molecule has 2 nitrogen and oxygen atoms in total. The molecular weight excluding hydrogens is 337 g/mol. The van der Waals surface area contributed by atoms with Gasteiger partial charge in [0.1, 0.15) is 5.75 Å². The normalized spacial score (nSPS) is 10.2. The van der Waals surface area contributed by atoms with E-state index < -0.39 is 0 Å². The molecular formula is C15H16INO. The van der Waals surface area contributed by atoms with Crippen molar-refractivity contribution in [3.8, 4) is 5.75 Å². The topological polar surface area (TPSA) is 21.3 Å². The van der Waals surface area contributed by atoms with Gasteiger partial charge in [-0.1, -0.05) is 18.2 Å². The molecule has 2 aromatic carbocycles. The van der Waals surface area contributed by atoms with E-state index in [2.05, 4.69) is 65.2 Å². The molecule has 94 valence electrons. The molecule has 0 fully saturated rings. The maximum atomic E-state index is 5.24. The third-order valence-corrected chi connectivity index (χ3v) is 3.56. The first kappa shape index (κ1) is 13.2. The fourth-order valence-electron chi connectivity index (χ4n) is 1.72. The zero-order chi connectivity index (χ0) is 13.0. The van der Waals surface area contributed by atoms with Crippen LogP contribution in [0.15, 0.2) is 42.5 Å². The average Bonchev–Trinajstić information content (AvgIpc) is 2.40. The van der Waals surface area contributed by atoms with Crippen LogP contribution in [0, 0.1) is 10.5 Å². The highest BCUT2D eigenvalue weighted by Gasteiger charge is 2.00. The molecule has 0 aliphatic rings. The van der Waals surface area contributed by atoms with E-state index in [1.165, 1.54) is 14.7 Å². The lowest BCUT2D eigenvalue weighted by molar-refractivity contribution is 0.415. The van der Waals surface area contributed by atoms with E-state index in [1.54, 1.807) is 7.11 Å². The van der Waals surface area contributed by atoms with Crippen LogP contribution in [-0.2, 0) is 6.54 Å². The number of methoxy groups -OCH3 is 1. The molecule has 3 heteroatoms. The van der Waals surface area contributed by atoms with Crippen molar-refractivity contribution >= 4 is 28.3 Å². The minimum absolute atomic E-state index is 0.824. The fourth-order valence-corrected chi connectivity index (χ4v) is 2.08. The Morgan fingerprint density at radius 1 is 1.11 bits per heavy atom. The number of benzene rings is 2. The molecule has 18 heavy (non-hydrogen) atoms. The minimum Gasteiger partial charge on any atom is -0.497 e. The summed E-state index contributed by atoms with van der Waals surface area (Å²) in [5, 5.41) is 3.44. The van der Waals surface area contributed by atoms with Gasteiger partial charge in [0, 0.05) is 21.9 Å². The number of halogens is 1. The van der Waals surface area contributed by atoms with Gasteiger partial charge in [-0.15, -0.1) is 0 Å². The Kier molecular flexibility index (Phi) is 4.47. The van der Waals surface area contributed by atoms with Gasteiger partial charge in [0.15, 0.2) is 0 Å².